The van der Waals surface area contributed by atoms with Gasteiger partial charge in [-0.25, -0.2) is 4.98 Å². The lowest BCUT2D eigenvalue weighted by Crippen LogP contribution is -2.10. The molecule has 0 unspecified atom stereocenters. The van der Waals surface area contributed by atoms with E-state index in [4.69, 9.17) is 9.40 Å². The fourth-order valence-electron chi connectivity index (χ4n) is 5.28. The highest BCUT2D eigenvalue weighted by Crippen LogP contribution is 2.36. The molecule has 0 atom stereocenters. The number of hydrogen-bond acceptors (Lipinski definition) is 2. The van der Waals surface area contributed by atoms with E-state index in [0.717, 1.165) is 45.5 Å². The van der Waals surface area contributed by atoms with Crippen LogP contribution in [-0.2, 0) is 11.8 Å². The zero-order valence-corrected chi connectivity index (χ0v) is 22.8. The van der Waals surface area contributed by atoms with Crippen molar-refractivity contribution in [2.75, 3.05) is 0 Å². The quantitative estimate of drug-likeness (QED) is 0.237. The Morgan fingerprint density at radius 2 is 1.50 bits per heavy atom. The number of hydrogen-bond donors (Lipinski definition) is 0. The van der Waals surface area contributed by atoms with Gasteiger partial charge >= 0.3 is 0 Å². The number of fused-ring (bicyclic) bond motifs is 2. The maximum absolute atomic E-state index is 6.01. The fourth-order valence-corrected chi connectivity index (χ4v) is 5.28. The van der Waals surface area contributed by atoms with Crippen molar-refractivity contribution in [2.24, 2.45) is 5.92 Å². The van der Waals surface area contributed by atoms with Gasteiger partial charge in [0.1, 0.15) is 17.7 Å². The van der Waals surface area contributed by atoms with E-state index in [1.165, 1.54) is 22.3 Å². The summed E-state index contributed by atoms with van der Waals surface area (Å²) in [6.07, 6.45) is 2.89. The van der Waals surface area contributed by atoms with Crippen molar-refractivity contribution in [1.29, 1.82) is 0 Å². The first-order valence-electron chi connectivity index (χ1n) is 13.5. The zero-order valence-electron chi connectivity index (χ0n) is 22.8. The van der Waals surface area contributed by atoms with E-state index in [-0.39, 0.29) is 5.41 Å². The number of rotatable bonds is 5. The Morgan fingerprint density at radius 3 is 2.18 bits per heavy atom. The molecular formula is C35H34N2O. The van der Waals surface area contributed by atoms with Gasteiger partial charge in [-0.2, -0.15) is 0 Å². The van der Waals surface area contributed by atoms with Gasteiger partial charge in [-0.3, -0.25) is 4.57 Å². The highest BCUT2D eigenvalue weighted by Gasteiger charge is 2.19. The van der Waals surface area contributed by atoms with Crippen LogP contribution in [0.25, 0.3) is 50.2 Å². The molecule has 0 saturated carbocycles. The average Bonchev–Trinajstić information content (AvgIpc) is 3.49. The molecule has 0 aliphatic rings. The summed E-state index contributed by atoms with van der Waals surface area (Å²) in [5, 5.41) is 1.11. The van der Waals surface area contributed by atoms with Crippen molar-refractivity contribution in [1.82, 2.24) is 9.55 Å². The molecule has 0 aliphatic carbocycles. The molecule has 3 nitrogen and oxygen atoms in total. The summed E-state index contributed by atoms with van der Waals surface area (Å²) in [5.41, 5.74) is 10.3. The second-order valence-corrected chi connectivity index (χ2v) is 11.7. The van der Waals surface area contributed by atoms with Gasteiger partial charge in [0.25, 0.3) is 0 Å². The van der Waals surface area contributed by atoms with Crippen LogP contribution in [-0.4, -0.2) is 9.55 Å². The van der Waals surface area contributed by atoms with Crippen LogP contribution in [0.5, 0.6) is 0 Å². The minimum Gasteiger partial charge on any atom is -0.464 e. The second kappa shape index (κ2) is 9.33. The number of para-hydroxylation sites is 2. The molecule has 0 fully saturated rings. The topological polar surface area (TPSA) is 31.0 Å². The van der Waals surface area contributed by atoms with Crippen molar-refractivity contribution in [2.45, 2.75) is 46.5 Å². The van der Waals surface area contributed by atoms with E-state index in [0.29, 0.717) is 5.92 Å². The van der Waals surface area contributed by atoms with Gasteiger partial charge in [0.05, 0.1) is 16.6 Å². The number of benzene rings is 4. The molecule has 2 aromatic heterocycles. The molecule has 0 radical (unpaired) electrons. The van der Waals surface area contributed by atoms with Crippen LogP contribution in [0.4, 0.5) is 0 Å². The molecule has 0 N–H and O–H groups in total. The molecule has 0 amide bonds. The SMILES string of the molecule is CC(C)Cc1ccc2occ(-c3nc4ccccc4n3-c3ccc(-c4ccc(C(C)(C)C)cc4)cc3)c2c1. The van der Waals surface area contributed by atoms with Crippen LogP contribution in [0.15, 0.2) is 102 Å². The third kappa shape index (κ3) is 4.43. The Kier molecular flexibility index (Phi) is 5.95. The van der Waals surface area contributed by atoms with Crippen LogP contribution in [0.2, 0.25) is 0 Å². The Balaban J connectivity index is 1.45. The first-order valence-corrected chi connectivity index (χ1v) is 13.5. The zero-order chi connectivity index (χ0) is 26.4. The summed E-state index contributed by atoms with van der Waals surface area (Å²) < 4.78 is 8.26. The monoisotopic (exact) mass is 498 g/mol. The molecule has 38 heavy (non-hydrogen) atoms. The van der Waals surface area contributed by atoms with E-state index in [2.05, 4.69) is 124 Å². The van der Waals surface area contributed by atoms with E-state index in [1.54, 1.807) is 0 Å². The number of nitrogens with zero attached hydrogens (tertiary/aromatic N) is 2. The van der Waals surface area contributed by atoms with Gasteiger partial charge in [0.2, 0.25) is 0 Å². The average molecular weight is 499 g/mol. The summed E-state index contributed by atoms with van der Waals surface area (Å²) >= 11 is 0. The van der Waals surface area contributed by atoms with E-state index in [9.17, 15) is 0 Å². The fraction of sp³-hybridized carbons (Fsp3) is 0.229. The van der Waals surface area contributed by atoms with Crippen LogP contribution in [0.3, 0.4) is 0 Å². The summed E-state index contributed by atoms with van der Waals surface area (Å²) in [7, 11) is 0. The van der Waals surface area contributed by atoms with E-state index in [1.807, 2.05) is 12.3 Å². The van der Waals surface area contributed by atoms with Crippen molar-refractivity contribution in [3.05, 3.63) is 108 Å². The summed E-state index contributed by atoms with van der Waals surface area (Å²) in [4.78, 5) is 5.09. The Morgan fingerprint density at radius 1 is 0.816 bits per heavy atom. The van der Waals surface area contributed by atoms with E-state index < -0.39 is 0 Å². The summed E-state index contributed by atoms with van der Waals surface area (Å²) in [6.45, 7) is 11.2. The van der Waals surface area contributed by atoms with Crippen LogP contribution in [0, 0.1) is 5.92 Å². The lowest BCUT2D eigenvalue weighted by Gasteiger charge is -2.19. The predicted octanol–water partition coefficient (Wildman–Crippen LogP) is 9.60. The molecule has 190 valence electrons. The number of imidazole rings is 1. The van der Waals surface area contributed by atoms with Gasteiger partial charge in [0.15, 0.2) is 0 Å². The molecule has 3 heteroatoms. The Labute approximate surface area is 224 Å². The molecule has 4 aromatic carbocycles. The molecule has 0 spiro atoms. The van der Waals surface area contributed by atoms with Crippen LogP contribution >= 0.6 is 0 Å². The lowest BCUT2D eigenvalue weighted by atomic mass is 9.86. The van der Waals surface area contributed by atoms with Gasteiger partial charge < -0.3 is 4.42 Å². The molecular weight excluding hydrogens is 464 g/mol. The van der Waals surface area contributed by atoms with Crippen molar-refractivity contribution in [3.8, 4) is 28.2 Å². The molecule has 6 aromatic rings. The molecule has 0 aliphatic heterocycles. The molecule has 2 heterocycles. The van der Waals surface area contributed by atoms with Crippen LogP contribution in [0.1, 0.15) is 45.7 Å². The summed E-state index contributed by atoms with van der Waals surface area (Å²) in [6, 6.07) is 32.6. The smallest absolute Gasteiger partial charge is 0.149 e. The van der Waals surface area contributed by atoms with Crippen molar-refractivity contribution >= 4 is 22.0 Å². The van der Waals surface area contributed by atoms with Crippen molar-refractivity contribution < 1.29 is 4.42 Å². The van der Waals surface area contributed by atoms with Gasteiger partial charge in [-0.15, -0.1) is 0 Å². The summed E-state index contributed by atoms with van der Waals surface area (Å²) in [5.74, 6) is 1.49. The Bertz CT molecular complexity index is 1730. The van der Waals surface area contributed by atoms with Gasteiger partial charge in [-0.1, -0.05) is 89.2 Å². The van der Waals surface area contributed by atoms with Crippen LogP contribution < -0.4 is 0 Å². The predicted molar refractivity (Wildman–Crippen MR) is 159 cm³/mol. The maximum Gasteiger partial charge on any atom is 0.149 e. The maximum atomic E-state index is 6.01. The highest BCUT2D eigenvalue weighted by molar-refractivity contribution is 5.95. The molecule has 0 saturated heterocycles. The highest BCUT2D eigenvalue weighted by atomic mass is 16.3. The third-order valence-corrected chi connectivity index (χ3v) is 7.29. The number of furan rings is 1. The normalized spacial score (nSPS) is 12.2. The lowest BCUT2D eigenvalue weighted by molar-refractivity contribution is 0.590. The second-order valence-electron chi connectivity index (χ2n) is 11.7. The largest absolute Gasteiger partial charge is 0.464 e. The molecule has 6 rings (SSSR count). The standard InChI is InChI=1S/C35H34N2O/c1-23(2)20-24-10-19-33-29(21-24)30(22-38-33)34-36-31-8-6-7-9-32(31)37(34)28-17-13-26(14-18-28)25-11-15-27(16-12-25)35(3,4)5/h6-19,21-23H,20H2,1-5H3. The van der Waals surface area contributed by atoms with Gasteiger partial charge in [0, 0.05) is 11.1 Å². The van der Waals surface area contributed by atoms with E-state index >= 15 is 0 Å². The molecule has 0 bridgehead atoms. The Hall–Kier alpha value is -4.11. The number of aromatic nitrogens is 2. The first-order chi connectivity index (χ1) is 18.3. The minimum atomic E-state index is 0.147. The minimum absolute atomic E-state index is 0.147. The van der Waals surface area contributed by atoms with Gasteiger partial charge in [-0.05, 0) is 76.4 Å². The van der Waals surface area contributed by atoms with Crippen molar-refractivity contribution in [3.63, 3.8) is 0 Å². The third-order valence-electron chi connectivity index (χ3n) is 7.29. The first kappa shape index (κ1) is 24.2.